The van der Waals surface area contributed by atoms with Gasteiger partial charge in [-0.2, -0.15) is 13.2 Å². The minimum absolute atomic E-state index is 0.00546. The molecule has 0 aliphatic rings. The average molecular weight is 516 g/mol. The van der Waals surface area contributed by atoms with E-state index in [0.717, 1.165) is 12.1 Å². The highest BCUT2D eigenvalue weighted by atomic mass is 32.1. The Morgan fingerprint density at radius 3 is 2.25 bits per heavy atom. The number of thiocarbonyl (C=S) groups is 1. The number of benzene rings is 3. The SMILES string of the molecule is CC(C)COc1ccccc1C(=O)NC(=S)Nc1cccc(C(=O)Nc2cccc(C(F)(F)F)c2)c1. The van der Waals surface area contributed by atoms with Gasteiger partial charge >= 0.3 is 6.18 Å². The van der Waals surface area contributed by atoms with Gasteiger partial charge in [-0.25, -0.2) is 0 Å². The number of hydrogen-bond acceptors (Lipinski definition) is 4. The third-order valence-electron chi connectivity index (χ3n) is 4.76. The summed E-state index contributed by atoms with van der Waals surface area (Å²) in [5.41, 5.74) is 0.0409. The van der Waals surface area contributed by atoms with Crippen LogP contribution in [0.3, 0.4) is 0 Å². The molecule has 3 N–H and O–H groups in total. The lowest BCUT2D eigenvalue weighted by Crippen LogP contribution is -2.34. The predicted molar refractivity (Wildman–Crippen MR) is 136 cm³/mol. The summed E-state index contributed by atoms with van der Waals surface area (Å²) in [5.74, 6) is -0.365. The third kappa shape index (κ3) is 7.54. The molecule has 0 radical (unpaired) electrons. The third-order valence-corrected chi connectivity index (χ3v) is 4.97. The van der Waals surface area contributed by atoms with Crippen molar-refractivity contribution in [3.05, 3.63) is 89.5 Å². The van der Waals surface area contributed by atoms with E-state index in [1.165, 1.54) is 24.3 Å². The van der Waals surface area contributed by atoms with Gasteiger partial charge in [-0.1, -0.05) is 38.1 Å². The molecule has 0 fully saturated rings. The van der Waals surface area contributed by atoms with Gasteiger partial charge in [-0.3, -0.25) is 14.9 Å². The van der Waals surface area contributed by atoms with E-state index < -0.39 is 23.6 Å². The van der Waals surface area contributed by atoms with Crippen molar-refractivity contribution in [2.45, 2.75) is 20.0 Å². The molecular weight excluding hydrogens is 491 g/mol. The van der Waals surface area contributed by atoms with Gasteiger partial charge in [0.2, 0.25) is 0 Å². The largest absolute Gasteiger partial charge is 0.492 e. The fourth-order valence-electron chi connectivity index (χ4n) is 3.08. The van der Waals surface area contributed by atoms with Gasteiger partial charge in [0.1, 0.15) is 5.75 Å². The fourth-order valence-corrected chi connectivity index (χ4v) is 3.29. The Labute approximate surface area is 211 Å². The van der Waals surface area contributed by atoms with Gasteiger partial charge in [0.05, 0.1) is 17.7 Å². The molecule has 3 rings (SSSR count). The number of hydrogen-bond donors (Lipinski definition) is 3. The van der Waals surface area contributed by atoms with E-state index in [2.05, 4.69) is 16.0 Å². The van der Waals surface area contributed by atoms with Gasteiger partial charge in [-0.15, -0.1) is 0 Å². The highest BCUT2D eigenvalue weighted by Gasteiger charge is 2.30. The topological polar surface area (TPSA) is 79.5 Å². The number of carbonyl (C=O) groups excluding carboxylic acids is 2. The summed E-state index contributed by atoms with van der Waals surface area (Å²) in [4.78, 5) is 25.3. The standard InChI is InChI=1S/C26H24F3N3O3S/c1-16(2)15-35-22-12-4-3-11-21(22)24(34)32-25(36)31-19-9-5-7-17(13-19)23(33)30-20-10-6-8-18(14-20)26(27,28)29/h3-14,16H,15H2,1-2H3,(H,30,33)(H2,31,32,34,36). The summed E-state index contributed by atoms with van der Waals surface area (Å²) >= 11 is 5.23. The van der Waals surface area contributed by atoms with Crippen LogP contribution in [0.25, 0.3) is 0 Å². The fraction of sp³-hybridized carbons (Fsp3) is 0.192. The molecule has 0 atom stereocenters. The number of carbonyl (C=O) groups is 2. The Balaban J connectivity index is 1.64. The first-order valence-electron chi connectivity index (χ1n) is 11.0. The van der Waals surface area contributed by atoms with Crippen molar-refractivity contribution >= 4 is 40.5 Å². The van der Waals surface area contributed by atoms with Crippen LogP contribution in [0.5, 0.6) is 5.75 Å². The summed E-state index contributed by atoms with van der Waals surface area (Å²) in [7, 11) is 0. The lowest BCUT2D eigenvalue weighted by Gasteiger charge is -2.14. The molecule has 0 aliphatic carbocycles. The minimum Gasteiger partial charge on any atom is -0.492 e. The zero-order valence-corrected chi connectivity index (χ0v) is 20.3. The number of rotatable bonds is 7. The summed E-state index contributed by atoms with van der Waals surface area (Å²) in [5, 5.41) is 7.85. The highest BCUT2D eigenvalue weighted by Crippen LogP contribution is 2.30. The zero-order valence-electron chi connectivity index (χ0n) is 19.5. The molecule has 0 heterocycles. The Hall–Kier alpha value is -3.92. The monoisotopic (exact) mass is 515 g/mol. The predicted octanol–water partition coefficient (Wildman–Crippen LogP) is 6.12. The Morgan fingerprint density at radius 1 is 0.889 bits per heavy atom. The summed E-state index contributed by atoms with van der Waals surface area (Å²) in [6, 6.07) is 17.3. The number of anilines is 2. The van der Waals surface area contributed by atoms with Gasteiger partial charge in [0, 0.05) is 16.9 Å². The van der Waals surface area contributed by atoms with Gasteiger partial charge in [0.15, 0.2) is 5.11 Å². The minimum atomic E-state index is -4.52. The maximum atomic E-state index is 12.9. The van der Waals surface area contributed by atoms with Crippen LogP contribution in [0.15, 0.2) is 72.8 Å². The second kappa shape index (κ2) is 11.7. The molecule has 2 amide bonds. The average Bonchev–Trinajstić information content (AvgIpc) is 2.82. The van der Waals surface area contributed by atoms with E-state index >= 15 is 0 Å². The number of ether oxygens (including phenoxy) is 1. The van der Waals surface area contributed by atoms with Gasteiger partial charge in [-0.05, 0) is 66.7 Å². The smallest absolute Gasteiger partial charge is 0.416 e. The molecule has 10 heteroatoms. The summed E-state index contributed by atoms with van der Waals surface area (Å²) in [6.07, 6.45) is -4.52. The molecule has 6 nitrogen and oxygen atoms in total. The maximum absolute atomic E-state index is 12.9. The number of halogens is 3. The molecule has 0 spiro atoms. The van der Waals surface area contributed by atoms with Crippen molar-refractivity contribution in [1.29, 1.82) is 0 Å². The van der Waals surface area contributed by atoms with Crippen molar-refractivity contribution in [3.8, 4) is 5.75 Å². The number of nitrogens with one attached hydrogen (secondary N) is 3. The Kier molecular flexibility index (Phi) is 8.65. The van der Waals surface area contributed by atoms with Crippen LogP contribution in [-0.4, -0.2) is 23.5 Å². The highest BCUT2D eigenvalue weighted by molar-refractivity contribution is 7.80. The molecule has 3 aromatic carbocycles. The molecule has 0 unspecified atom stereocenters. The van der Waals surface area contributed by atoms with Crippen LogP contribution >= 0.6 is 12.2 Å². The van der Waals surface area contributed by atoms with E-state index in [1.807, 2.05) is 13.8 Å². The van der Waals surface area contributed by atoms with Crippen molar-refractivity contribution in [2.75, 3.05) is 17.2 Å². The van der Waals surface area contributed by atoms with Gasteiger partial charge < -0.3 is 15.4 Å². The molecule has 36 heavy (non-hydrogen) atoms. The molecule has 0 aliphatic heterocycles. The number of amides is 2. The summed E-state index contributed by atoms with van der Waals surface area (Å²) < 4.78 is 44.5. The molecule has 188 valence electrons. The Morgan fingerprint density at radius 2 is 1.56 bits per heavy atom. The van der Waals surface area contributed by atoms with Crippen LogP contribution in [0.4, 0.5) is 24.5 Å². The van der Waals surface area contributed by atoms with Crippen LogP contribution < -0.4 is 20.7 Å². The molecule has 3 aromatic rings. The van der Waals surface area contributed by atoms with E-state index in [-0.39, 0.29) is 22.3 Å². The first kappa shape index (κ1) is 26.7. The first-order valence-corrected chi connectivity index (χ1v) is 11.4. The van der Waals surface area contributed by atoms with Crippen LogP contribution in [0, 0.1) is 5.92 Å². The van der Waals surface area contributed by atoms with Crippen molar-refractivity contribution in [1.82, 2.24) is 5.32 Å². The van der Waals surface area contributed by atoms with Crippen molar-refractivity contribution in [2.24, 2.45) is 5.92 Å². The summed E-state index contributed by atoms with van der Waals surface area (Å²) in [6.45, 7) is 4.44. The maximum Gasteiger partial charge on any atom is 0.416 e. The molecule has 0 saturated heterocycles. The second-order valence-corrected chi connectivity index (χ2v) is 8.63. The van der Waals surface area contributed by atoms with Crippen molar-refractivity contribution in [3.63, 3.8) is 0 Å². The van der Waals surface area contributed by atoms with Crippen LogP contribution in [0.1, 0.15) is 40.1 Å². The molecule has 0 aromatic heterocycles. The van der Waals surface area contributed by atoms with Gasteiger partial charge in [0.25, 0.3) is 11.8 Å². The first-order chi connectivity index (χ1) is 17.0. The second-order valence-electron chi connectivity index (χ2n) is 8.22. The van der Waals surface area contributed by atoms with E-state index in [0.29, 0.717) is 23.6 Å². The van der Waals surface area contributed by atoms with E-state index in [4.69, 9.17) is 17.0 Å². The lowest BCUT2D eigenvalue weighted by molar-refractivity contribution is -0.137. The lowest BCUT2D eigenvalue weighted by atomic mass is 10.1. The zero-order chi connectivity index (χ0) is 26.3. The van der Waals surface area contributed by atoms with Crippen molar-refractivity contribution < 1.29 is 27.5 Å². The van der Waals surface area contributed by atoms with E-state index in [1.54, 1.807) is 36.4 Å². The Bertz CT molecular complexity index is 1260. The molecular formula is C26H24F3N3O3S. The number of para-hydroxylation sites is 1. The molecule has 0 saturated carbocycles. The van der Waals surface area contributed by atoms with Crippen LogP contribution in [-0.2, 0) is 6.18 Å². The van der Waals surface area contributed by atoms with Crippen LogP contribution in [0.2, 0.25) is 0 Å². The molecule has 0 bridgehead atoms. The quantitative estimate of drug-likeness (QED) is 0.331. The number of alkyl halides is 3. The normalized spacial score (nSPS) is 11.1. The van der Waals surface area contributed by atoms with E-state index in [9.17, 15) is 22.8 Å².